The molecular formula is C23H28N2O4. The molecule has 0 radical (unpaired) electrons. The van der Waals surface area contributed by atoms with Gasteiger partial charge in [-0.25, -0.2) is 0 Å². The number of carbonyl (C=O) groups excluding carboxylic acids is 2. The monoisotopic (exact) mass is 396 g/mol. The minimum Gasteiger partial charge on any atom is -0.497 e. The zero-order valence-electron chi connectivity index (χ0n) is 17.4. The molecule has 2 atom stereocenters. The van der Waals surface area contributed by atoms with Gasteiger partial charge in [0.1, 0.15) is 11.5 Å². The van der Waals surface area contributed by atoms with Crippen molar-refractivity contribution < 1.29 is 19.1 Å². The highest BCUT2D eigenvalue weighted by Gasteiger charge is 2.35. The van der Waals surface area contributed by atoms with Gasteiger partial charge in [0.25, 0.3) is 0 Å². The van der Waals surface area contributed by atoms with Crippen molar-refractivity contribution in [3.8, 4) is 11.5 Å². The first-order valence-corrected chi connectivity index (χ1v) is 9.88. The van der Waals surface area contributed by atoms with Gasteiger partial charge in [-0.2, -0.15) is 0 Å². The summed E-state index contributed by atoms with van der Waals surface area (Å²) in [5, 5.41) is 3.02. The Morgan fingerprint density at radius 1 is 1.17 bits per heavy atom. The highest BCUT2D eigenvalue weighted by atomic mass is 16.5. The summed E-state index contributed by atoms with van der Waals surface area (Å²) in [5.74, 6) is 0.829. The van der Waals surface area contributed by atoms with Crippen LogP contribution >= 0.6 is 0 Å². The Morgan fingerprint density at radius 2 is 1.90 bits per heavy atom. The number of rotatable bonds is 7. The molecule has 1 N–H and O–H groups in total. The SMILES string of the molecule is CCc1ccc(N2CC(C(=O)NC(C)c3cc(OC)ccc3OC)CC2=O)cc1. The molecule has 0 aliphatic carbocycles. The van der Waals surface area contributed by atoms with Crippen molar-refractivity contribution in [2.45, 2.75) is 32.7 Å². The predicted octanol–water partition coefficient (Wildman–Crippen LogP) is 3.50. The Hall–Kier alpha value is -3.02. The highest BCUT2D eigenvalue weighted by Crippen LogP contribution is 2.30. The molecule has 0 spiro atoms. The molecule has 1 fully saturated rings. The molecule has 1 heterocycles. The molecule has 6 heteroatoms. The maximum absolute atomic E-state index is 12.8. The summed E-state index contributed by atoms with van der Waals surface area (Å²) >= 11 is 0. The zero-order chi connectivity index (χ0) is 21.0. The minimum absolute atomic E-state index is 0.0268. The van der Waals surface area contributed by atoms with Crippen molar-refractivity contribution in [3.05, 3.63) is 53.6 Å². The van der Waals surface area contributed by atoms with Crippen LogP contribution in [0.15, 0.2) is 42.5 Å². The number of hydrogen-bond donors (Lipinski definition) is 1. The number of aryl methyl sites for hydroxylation is 1. The Morgan fingerprint density at radius 3 is 2.52 bits per heavy atom. The number of anilines is 1. The first kappa shape index (κ1) is 20.7. The predicted molar refractivity (Wildman–Crippen MR) is 112 cm³/mol. The molecule has 2 unspecified atom stereocenters. The summed E-state index contributed by atoms with van der Waals surface area (Å²) in [6.07, 6.45) is 1.16. The molecule has 2 aromatic rings. The summed E-state index contributed by atoms with van der Waals surface area (Å²) < 4.78 is 10.7. The number of carbonyl (C=O) groups is 2. The van der Waals surface area contributed by atoms with Crippen LogP contribution in [-0.4, -0.2) is 32.6 Å². The van der Waals surface area contributed by atoms with Crippen LogP contribution in [0, 0.1) is 5.92 Å². The van der Waals surface area contributed by atoms with Crippen LogP contribution in [0.3, 0.4) is 0 Å². The first-order chi connectivity index (χ1) is 14.0. The molecule has 1 aliphatic heterocycles. The lowest BCUT2D eigenvalue weighted by atomic mass is 10.0. The first-order valence-electron chi connectivity index (χ1n) is 9.88. The van der Waals surface area contributed by atoms with Crippen molar-refractivity contribution in [2.75, 3.05) is 25.7 Å². The second-order valence-electron chi connectivity index (χ2n) is 7.26. The van der Waals surface area contributed by atoms with Gasteiger partial charge in [-0.15, -0.1) is 0 Å². The quantitative estimate of drug-likeness (QED) is 0.778. The third-order valence-electron chi connectivity index (χ3n) is 5.41. The van der Waals surface area contributed by atoms with E-state index in [4.69, 9.17) is 9.47 Å². The fourth-order valence-corrected chi connectivity index (χ4v) is 3.63. The van der Waals surface area contributed by atoms with Crippen LogP contribution < -0.4 is 19.7 Å². The van der Waals surface area contributed by atoms with Crippen molar-refractivity contribution in [1.82, 2.24) is 5.32 Å². The van der Waals surface area contributed by atoms with E-state index in [-0.39, 0.29) is 30.2 Å². The molecule has 29 heavy (non-hydrogen) atoms. The number of nitrogens with one attached hydrogen (secondary N) is 1. The Labute approximate surface area is 171 Å². The summed E-state index contributed by atoms with van der Waals surface area (Å²) in [6, 6.07) is 13.1. The smallest absolute Gasteiger partial charge is 0.227 e. The van der Waals surface area contributed by atoms with Gasteiger partial charge in [0.05, 0.1) is 26.2 Å². The Balaban J connectivity index is 1.69. The molecular weight excluding hydrogens is 368 g/mol. The largest absolute Gasteiger partial charge is 0.497 e. The Kier molecular flexibility index (Phi) is 6.42. The van der Waals surface area contributed by atoms with E-state index < -0.39 is 0 Å². The molecule has 154 valence electrons. The number of amides is 2. The van der Waals surface area contributed by atoms with E-state index in [0.717, 1.165) is 17.7 Å². The van der Waals surface area contributed by atoms with E-state index in [0.29, 0.717) is 18.0 Å². The molecule has 1 saturated heterocycles. The van der Waals surface area contributed by atoms with Crippen LogP contribution in [0.2, 0.25) is 0 Å². The van der Waals surface area contributed by atoms with Crippen molar-refractivity contribution in [3.63, 3.8) is 0 Å². The third kappa shape index (κ3) is 4.53. The number of nitrogens with zero attached hydrogens (tertiary/aromatic N) is 1. The maximum atomic E-state index is 12.8. The average Bonchev–Trinajstić information content (AvgIpc) is 3.15. The molecule has 2 aromatic carbocycles. The van der Waals surface area contributed by atoms with E-state index >= 15 is 0 Å². The summed E-state index contributed by atoms with van der Waals surface area (Å²) in [5.41, 5.74) is 2.89. The fourth-order valence-electron chi connectivity index (χ4n) is 3.63. The molecule has 0 bridgehead atoms. The van der Waals surface area contributed by atoms with Gasteiger partial charge in [0.2, 0.25) is 11.8 Å². The summed E-state index contributed by atoms with van der Waals surface area (Å²) in [6.45, 7) is 4.38. The second kappa shape index (κ2) is 8.99. The van der Waals surface area contributed by atoms with Crippen LogP contribution in [0.25, 0.3) is 0 Å². The standard InChI is InChI=1S/C23H28N2O4/c1-5-16-6-8-18(9-7-16)25-14-17(12-22(25)26)23(27)24-15(2)20-13-19(28-3)10-11-21(20)29-4/h6-11,13,15,17H,5,12,14H2,1-4H3,(H,24,27). The molecule has 1 aliphatic rings. The number of methoxy groups -OCH3 is 2. The third-order valence-corrected chi connectivity index (χ3v) is 5.41. The molecule has 6 nitrogen and oxygen atoms in total. The van der Waals surface area contributed by atoms with Crippen LogP contribution in [-0.2, 0) is 16.0 Å². The van der Waals surface area contributed by atoms with Crippen LogP contribution in [0.4, 0.5) is 5.69 Å². The lowest BCUT2D eigenvalue weighted by Crippen LogP contribution is -2.34. The lowest BCUT2D eigenvalue weighted by molar-refractivity contribution is -0.126. The topological polar surface area (TPSA) is 67.9 Å². The molecule has 3 rings (SSSR count). The van der Waals surface area contributed by atoms with E-state index in [1.54, 1.807) is 19.1 Å². The fraction of sp³-hybridized carbons (Fsp3) is 0.391. The molecule has 0 aromatic heterocycles. The van der Waals surface area contributed by atoms with Gasteiger partial charge in [-0.1, -0.05) is 19.1 Å². The van der Waals surface area contributed by atoms with E-state index in [2.05, 4.69) is 12.2 Å². The normalized spacial score (nSPS) is 17.2. The van der Waals surface area contributed by atoms with Crippen molar-refractivity contribution in [2.24, 2.45) is 5.92 Å². The van der Waals surface area contributed by atoms with E-state index in [1.165, 1.54) is 5.56 Å². The lowest BCUT2D eigenvalue weighted by Gasteiger charge is -2.20. The van der Waals surface area contributed by atoms with E-state index in [1.807, 2.05) is 49.4 Å². The van der Waals surface area contributed by atoms with Gasteiger partial charge in [0.15, 0.2) is 0 Å². The van der Waals surface area contributed by atoms with Crippen LogP contribution in [0.5, 0.6) is 11.5 Å². The maximum Gasteiger partial charge on any atom is 0.227 e. The highest BCUT2D eigenvalue weighted by molar-refractivity contribution is 6.00. The number of ether oxygens (including phenoxy) is 2. The van der Waals surface area contributed by atoms with Gasteiger partial charge in [-0.05, 0) is 49.2 Å². The van der Waals surface area contributed by atoms with Gasteiger partial charge >= 0.3 is 0 Å². The van der Waals surface area contributed by atoms with Gasteiger partial charge < -0.3 is 19.7 Å². The van der Waals surface area contributed by atoms with Crippen molar-refractivity contribution in [1.29, 1.82) is 0 Å². The average molecular weight is 396 g/mol. The Bertz CT molecular complexity index is 879. The molecule has 2 amide bonds. The zero-order valence-corrected chi connectivity index (χ0v) is 17.4. The summed E-state index contributed by atoms with van der Waals surface area (Å²) in [4.78, 5) is 27.0. The van der Waals surface area contributed by atoms with E-state index in [9.17, 15) is 9.59 Å². The molecule has 0 saturated carbocycles. The second-order valence-corrected chi connectivity index (χ2v) is 7.26. The van der Waals surface area contributed by atoms with Gasteiger partial charge in [0, 0.05) is 24.2 Å². The van der Waals surface area contributed by atoms with Gasteiger partial charge in [-0.3, -0.25) is 9.59 Å². The summed E-state index contributed by atoms with van der Waals surface area (Å²) in [7, 11) is 3.19. The van der Waals surface area contributed by atoms with Crippen molar-refractivity contribution >= 4 is 17.5 Å². The number of benzene rings is 2. The van der Waals surface area contributed by atoms with Crippen LogP contribution in [0.1, 0.15) is 37.4 Å². The minimum atomic E-state index is -0.382. The number of hydrogen-bond acceptors (Lipinski definition) is 4.